The minimum Gasteiger partial charge on any atom is -0.481 e. The van der Waals surface area contributed by atoms with Crippen LogP contribution in [0, 0.1) is 5.92 Å². The van der Waals surface area contributed by atoms with Crippen molar-refractivity contribution in [3.05, 3.63) is 0 Å². The van der Waals surface area contributed by atoms with E-state index in [0.29, 0.717) is 6.42 Å². The Labute approximate surface area is 113 Å². The van der Waals surface area contributed by atoms with E-state index in [1.807, 2.05) is 6.92 Å². The van der Waals surface area contributed by atoms with Crippen molar-refractivity contribution in [2.45, 2.75) is 52.5 Å². The highest BCUT2D eigenvalue weighted by atomic mass is 16.4. The number of rotatable bonds is 9. The van der Waals surface area contributed by atoms with E-state index in [1.54, 1.807) is 13.8 Å². The number of carboxylic acids is 2. The van der Waals surface area contributed by atoms with E-state index >= 15 is 0 Å². The Hall–Kier alpha value is -1.59. The molecule has 0 aliphatic rings. The van der Waals surface area contributed by atoms with Crippen LogP contribution in [0.5, 0.6) is 0 Å². The lowest BCUT2D eigenvalue weighted by molar-refractivity contribution is -0.153. The van der Waals surface area contributed by atoms with Gasteiger partial charge in [0.25, 0.3) is 0 Å². The molecule has 0 aliphatic carbocycles. The number of carboxylic acid groups (broad SMARTS) is 2. The van der Waals surface area contributed by atoms with E-state index < -0.39 is 18.0 Å². The van der Waals surface area contributed by atoms with Gasteiger partial charge in [-0.05, 0) is 12.3 Å². The zero-order valence-electron chi connectivity index (χ0n) is 11.8. The second-order valence-corrected chi connectivity index (χ2v) is 4.86. The van der Waals surface area contributed by atoms with E-state index in [2.05, 4.69) is 0 Å². The highest BCUT2D eigenvalue weighted by molar-refractivity contribution is 5.84. The lowest BCUT2D eigenvalue weighted by atomic mass is 10.0. The molecule has 6 heteroatoms. The van der Waals surface area contributed by atoms with Gasteiger partial charge >= 0.3 is 11.9 Å². The Kier molecular flexibility index (Phi) is 7.79. The maximum absolute atomic E-state index is 12.0. The number of amides is 1. The molecule has 19 heavy (non-hydrogen) atoms. The molecule has 0 heterocycles. The molecule has 1 atom stereocenters. The van der Waals surface area contributed by atoms with Crippen LogP contribution < -0.4 is 0 Å². The van der Waals surface area contributed by atoms with Gasteiger partial charge in [0.2, 0.25) is 5.91 Å². The van der Waals surface area contributed by atoms with Crippen LogP contribution in [0.3, 0.4) is 0 Å². The third-order valence-corrected chi connectivity index (χ3v) is 2.85. The predicted octanol–water partition coefficient (Wildman–Crippen LogP) is 1.59. The molecule has 0 aromatic carbocycles. The van der Waals surface area contributed by atoms with Gasteiger partial charge in [0, 0.05) is 13.0 Å². The van der Waals surface area contributed by atoms with Gasteiger partial charge in [0.05, 0.1) is 6.42 Å². The highest BCUT2D eigenvalue weighted by Gasteiger charge is 2.31. The summed E-state index contributed by atoms with van der Waals surface area (Å²) in [5, 5.41) is 17.9. The minimum absolute atomic E-state index is 0.0625. The van der Waals surface area contributed by atoms with Crippen molar-refractivity contribution in [3.8, 4) is 0 Å². The molecule has 0 rings (SSSR count). The largest absolute Gasteiger partial charge is 0.481 e. The van der Waals surface area contributed by atoms with Crippen LogP contribution in [-0.4, -0.2) is 45.5 Å². The lowest BCUT2D eigenvalue weighted by Gasteiger charge is -2.31. The monoisotopic (exact) mass is 273 g/mol. The zero-order valence-corrected chi connectivity index (χ0v) is 11.8. The van der Waals surface area contributed by atoms with Crippen molar-refractivity contribution >= 4 is 17.8 Å². The molecule has 0 saturated carbocycles. The Bertz CT molecular complexity index is 327. The smallest absolute Gasteiger partial charge is 0.326 e. The molecule has 2 N–H and O–H groups in total. The molecular weight excluding hydrogens is 250 g/mol. The first-order chi connectivity index (χ1) is 8.81. The number of hydrogen-bond acceptors (Lipinski definition) is 3. The summed E-state index contributed by atoms with van der Waals surface area (Å²) in [4.78, 5) is 35.1. The number of carbonyl (C=O) groups is 3. The standard InChI is InChI=1S/C13H23NO5/c1-4-5-6-10(15)14(8-7-11(16)17)12(9(2)3)13(18)19/h9,12H,4-8H2,1-3H3,(H,16,17)(H,18,19). The maximum Gasteiger partial charge on any atom is 0.326 e. The van der Waals surface area contributed by atoms with Gasteiger partial charge < -0.3 is 15.1 Å². The molecule has 1 amide bonds. The summed E-state index contributed by atoms with van der Waals surface area (Å²) in [6.45, 7) is 5.29. The van der Waals surface area contributed by atoms with Crippen LogP contribution in [0.2, 0.25) is 0 Å². The lowest BCUT2D eigenvalue weighted by Crippen LogP contribution is -2.48. The number of nitrogens with zero attached hydrogens (tertiary/aromatic N) is 1. The molecular formula is C13H23NO5. The summed E-state index contributed by atoms with van der Waals surface area (Å²) >= 11 is 0. The Balaban J connectivity index is 4.94. The van der Waals surface area contributed by atoms with Gasteiger partial charge in [-0.2, -0.15) is 0 Å². The molecule has 0 saturated heterocycles. The molecule has 0 spiro atoms. The van der Waals surface area contributed by atoms with E-state index in [1.165, 1.54) is 4.90 Å². The zero-order chi connectivity index (χ0) is 15.0. The molecule has 0 aliphatic heterocycles. The van der Waals surface area contributed by atoms with E-state index in [9.17, 15) is 19.5 Å². The first kappa shape index (κ1) is 17.4. The molecule has 6 nitrogen and oxygen atoms in total. The average Bonchev–Trinajstić information content (AvgIpc) is 2.29. The van der Waals surface area contributed by atoms with Crippen LogP contribution in [0.25, 0.3) is 0 Å². The molecule has 0 aromatic rings. The van der Waals surface area contributed by atoms with Gasteiger partial charge in [-0.15, -0.1) is 0 Å². The Morgan fingerprint density at radius 2 is 1.68 bits per heavy atom. The van der Waals surface area contributed by atoms with Crippen molar-refractivity contribution < 1.29 is 24.6 Å². The fourth-order valence-corrected chi connectivity index (χ4v) is 1.88. The Morgan fingerprint density at radius 3 is 2.05 bits per heavy atom. The summed E-state index contributed by atoms with van der Waals surface area (Å²) in [6.07, 6.45) is 1.52. The second-order valence-electron chi connectivity index (χ2n) is 4.86. The molecule has 0 aromatic heterocycles. The number of carbonyl (C=O) groups excluding carboxylic acids is 1. The average molecular weight is 273 g/mol. The number of unbranched alkanes of at least 4 members (excludes halogenated alkanes) is 1. The fraction of sp³-hybridized carbons (Fsp3) is 0.769. The van der Waals surface area contributed by atoms with Gasteiger partial charge in [-0.1, -0.05) is 27.2 Å². The van der Waals surface area contributed by atoms with Gasteiger partial charge in [-0.3, -0.25) is 9.59 Å². The third-order valence-electron chi connectivity index (χ3n) is 2.85. The van der Waals surface area contributed by atoms with E-state index in [-0.39, 0.29) is 31.2 Å². The minimum atomic E-state index is -1.09. The highest BCUT2D eigenvalue weighted by Crippen LogP contribution is 2.14. The molecule has 0 fully saturated rings. The van der Waals surface area contributed by atoms with Gasteiger partial charge in [0.15, 0.2) is 0 Å². The van der Waals surface area contributed by atoms with E-state index in [4.69, 9.17) is 5.11 Å². The summed E-state index contributed by atoms with van der Waals surface area (Å²) in [7, 11) is 0. The number of aliphatic carboxylic acids is 2. The van der Waals surface area contributed by atoms with Crippen LogP contribution >= 0.6 is 0 Å². The topological polar surface area (TPSA) is 94.9 Å². The van der Waals surface area contributed by atoms with Gasteiger partial charge in [0.1, 0.15) is 6.04 Å². The van der Waals surface area contributed by atoms with Crippen molar-refractivity contribution in [3.63, 3.8) is 0 Å². The normalized spacial score (nSPS) is 12.2. The summed E-state index contributed by atoms with van der Waals surface area (Å²) in [6, 6.07) is -0.969. The number of hydrogen-bond donors (Lipinski definition) is 2. The maximum atomic E-state index is 12.0. The van der Waals surface area contributed by atoms with Crippen LogP contribution in [-0.2, 0) is 14.4 Å². The van der Waals surface area contributed by atoms with Crippen LogP contribution in [0.1, 0.15) is 46.5 Å². The van der Waals surface area contributed by atoms with Crippen molar-refractivity contribution in [2.75, 3.05) is 6.54 Å². The Morgan fingerprint density at radius 1 is 1.11 bits per heavy atom. The van der Waals surface area contributed by atoms with E-state index in [0.717, 1.165) is 6.42 Å². The first-order valence-electron chi connectivity index (χ1n) is 6.55. The second kappa shape index (κ2) is 8.50. The van der Waals surface area contributed by atoms with Crippen molar-refractivity contribution in [1.29, 1.82) is 0 Å². The van der Waals surface area contributed by atoms with Crippen molar-refractivity contribution in [2.24, 2.45) is 5.92 Å². The summed E-state index contributed by atoms with van der Waals surface area (Å²) < 4.78 is 0. The molecule has 1 unspecified atom stereocenters. The predicted molar refractivity (Wildman–Crippen MR) is 69.8 cm³/mol. The third kappa shape index (κ3) is 6.22. The molecule has 0 radical (unpaired) electrons. The first-order valence-corrected chi connectivity index (χ1v) is 6.55. The SMILES string of the molecule is CCCCC(=O)N(CCC(=O)O)C(C(=O)O)C(C)C. The summed E-state index contributed by atoms with van der Waals surface area (Å²) in [5.74, 6) is -2.69. The molecule has 110 valence electrons. The van der Waals surface area contributed by atoms with Gasteiger partial charge in [-0.25, -0.2) is 4.79 Å². The van der Waals surface area contributed by atoms with Crippen LogP contribution in [0.15, 0.2) is 0 Å². The summed E-state index contributed by atoms with van der Waals surface area (Å²) in [5.41, 5.74) is 0. The fourth-order valence-electron chi connectivity index (χ4n) is 1.88. The van der Waals surface area contributed by atoms with Crippen molar-refractivity contribution in [1.82, 2.24) is 4.90 Å². The molecule has 0 bridgehead atoms. The van der Waals surface area contributed by atoms with Crippen LogP contribution in [0.4, 0.5) is 0 Å². The quantitative estimate of drug-likeness (QED) is 0.665.